The van der Waals surface area contributed by atoms with E-state index < -0.39 is 0 Å². The summed E-state index contributed by atoms with van der Waals surface area (Å²) in [4.78, 5) is 0. The van der Waals surface area contributed by atoms with Gasteiger partial charge in [-0.1, -0.05) is 12.8 Å². The number of nitrogens with zero attached hydrogens (tertiary/aromatic N) is 1. The third kappa shape index (κ3) is 1.33. The highest BCUT2D eigenvalue weighted by Crippen LogP contribution is 2.50. The molecule has 1 aromatic rings. The molecule has 0 radical (unpaired) electrons. The van der Waals surface area contributed by atoms with Crippen LogP contribution in [0.15, 0.2) is 6.20 Å². The second-order valence-corrected chi connectivity index (χ2v) is 5.22. The quantitative estimate of drug-likeness (QED) is 0.736. The molecule has 0 bridgehead atoms. The highest BCUT2D eigenvalue weighted by molar-refractivity contribution is 5.24. The Morgan fingerprint density at radius 3 is 2.87 bits per heavy atom. The summed E-state index contributed by atoms with van der Waals surface area (Å²) < 4.78 is 0. The molecule has 15 heavy (non-hydrogen) atoms. The van der Waals surface area contributed by atoms with E-state index in [0.29, 0.717) is 11.3 Å². The molecule has 82 valence electrons. The number of aryl methyl sites for hydroxylation is 1. The minimum atomic E-state index is 0.539. The predicted molar refractivity (Wildman–Crippen MR) is 59.8 cm³/mol. The standard InChI is InChI=1S/C12H19N3/c1-9-6-14-15-11(9)10-7-13-8-12(10)4-2-3-5-12/h6,10,13H,2-5,7-8H2,1H3,(H,14,15)/t10-/m0/s1. The Bertz CT molecular complexity index is 344. The Hall–Kier alpha value is -0.830. The molecular weight excluding hydrogens is 186 g/mol. The average Bonchev–Trinajstić information content (AvgIpc) is 2.90. The van der Waals surface area contributed by atoms with E-state index in [0.717, 1.165) is 6.54 Å². The number of H-pyrrole nitrogens is 1. The van der Waals surface area contributed by atoms with E-state index in [2.05, 4.69) is 22.4 Å². The number of hydrogen-bond donors (Lipinski definition) is 2. The van der Waals surface area contributed by atoms with Gasteiger partial charge in [-0.05, 0) is 30.7 Å². The molecule has 1 spiro atoms. The summed E-state index contributed by atoms with van der Waals surface area (Å²) in [5, 5.41) is 10.9. The van der Waals surface area contributed by atoms with Crippen molar-refractivity contribution < 1.29 is 0 Å². The van der Waals surface area contributed by atoms with Crippen LogP contribution in [0.2, 0.25) is 0 Å². The molecule has 1 aliphatic carbocycles. The predicted octanol–water partition coefficient (Wildman–Crippen LogP) is 1.97. The van der Waals surface area contributed by atoms with Crippen molar-refractivity contribution in [2.45, 2.75) is 38.5 Å². The molecule has 2 aliphatic rings. The Kier molecular flexibility index (Phi) is 2.09. The molecule has 3 rings (SSSR count). The van der Waals surface area contributed by atoms with Crippen LogP contribution in [-0.2, 0) is 0 Å². The van der Waals surface area contributed by atoms with E-state index in [1.165, 1.54) is 43.5 Å². The molecule has 3 heteroatoms. The van der Waals surface area contributed by atoms with Crippen molar-refractivity contribution in [3.63, 3.8) is 0 Å². The van der Waals surface area contributed by atoms with Crippen LogP contribution >= 0.6 is 0 Å². The van der Waals surface area contributed by atoms with Gasteiger partial charge < -0.3 is 5.32 Å². The van der Waals surface area contributed by atoms with Gasteiger partial charge in [0.2, 0.25) is 0 Å². The zero-order valence-corrected chi connectivity index (χ0v) is 9.34. The fourth-order valence-corrected chi connectivity index (χ4v) is 3.53. The maximum absolute atomic E-state index is 4.17. The fourth-order valence-electron chi connectivity index (χ4n) is 3.53. The average molecular weight is 205 g/mol. The molecular formula is C12H19N3. The van der Waals surface area contributed by atoms with Crippen LogP contribution < -0.4 is 5.32 Å². The van der Waals surface area contributed by atoms with Crippen LogP contribution in [0.25, 0.3) is 0 Å². The maximum Gasteiger partial charge on any atom is 0.0519 e. The molecule has 0 aromatic carbocycles. The third-order valence-electron chi connectivity index (χ3n) is 4.38. The van der Waals surface area contributed by atoms with Gasteiger partial charge in [0, 0.05) is 24.7 Å². The van der Waals surface area contributed by atoms with Gasteiger partial charge in [-0.2, -0.15) is 5.10 Å². The second kappa shape index (κ2) is 3.34. The highest BCUT2D eigenvalue weighted by atomic mass is 15.1. The lowest BCUT2D eigenvalue weighted by Crippen LogP contribution is -2.25. The van der Waals surface area contributed by atoms with Gasteiger partial charge >= 0.3 is 0 Å². The number of rotatable bonds is 1. The first-order valence-electron chi connectivity index (χ1n) is 6.02. The van der Waals surface area contributed by atoms with Gasteiger partial charge in [0.05, 0.1) is 6.20 Å². The summed E-state index contributed by atoms with van der Waals surface area (Å²) in [5.74, 6) is 0.669. The van der Waals surface area contributed by atoms with Gasteiger partial charge in [-0.3, -0.25) is 5.10 Å². The Balaban J connectivity index is 1.95. The molecule has 1 saturated carbocycles. The molecule has 1 atom stereocenters. The number of hydrogen-bond acceptors (Lipinski definition) is 2. The Morgan fingerprint density at radius 2 is 2.20 bits per heavy atom. The van der Waals surface area contributed by atoms with E-state index in [-0.39, 0.29) is 0 Å². The summed E-state index contributed by atoms with van der Waals surface area (Å²) in [6.07, 6.45) is 7.55. The zero-order valence-electron chi connectivity index (χ0n) is 9.34. The minimum absolute atomic E-state index is 0.539. The molecule has 2 fully saturated rings. The SMILES string of the molecule is Cc1cn[nH]c1[C@@H]1CNCC12CCCC2. The first-order chi connectivity index (χ1) is 7.32. The molecule has 0 unspecified atom stereocenters. The monoisotopic (exact) mass is 205 g/mol. The Morgan fingerprint density at radius 1 is 1.40 bits per heavy atom. The van der Waals surface area contributed by atoms with Crippen LogP contribution in [0.4, 0.5) is 0 Å². The van der Waals surface area contributed by atoms with Crippen LogP contribution in [0, 0.1) is 12.3 Å². The first-order valence-corrected chi connectivity index (χ1v) is 6.02. The van der Waals surface area contributed by atoms with Gasteiger partial charge in [0.1, 0.15) is 0 Å². The largest absolute Gasteiger partial charge is 0.315 e. The topological polar surface area (TPSA) is 40.7 Å². The number of aromatic nitrogens is 2. The molecule has 2 N–H and O–H groups in total. The van der Waals surface area contributed by atoms with E-state index in [4.69, 9.17) is 0 Å². The highest BCUT2D eigenvalue weighted by Gasteiger charge is 2.46. The molecule has 2 heterocycles. The van der Waals surface area contributed by atoms with E-state index >= 15 is 0 Å². The lowest BCUT2D eigenvalue weighted by molar-refractivity contribution is 0.290. The fraction of sp³-hybridized carbons (Fsp3) is 0.750. The lowest BCUT2D eigenvalue weighted by Gasteiger charge is -2.29. The van der Waals surface area contributed by atoms with Crippen LogP contribution in [0.5, 0.6) is 0 Å². The van der Waals surface area contributed by atoms with Gasteiger partial charge in [-0.15, -0.1) is 0 Å². The normalized spacial score (nSPS) is 29.0. The van der Waals surface area contributed by atoms with Gasteiger partial charge in [0.15, 0.2) is 0 Å². The van der Waals surface area contributed by atoms with Crippen LogP contribution in [-0.4, -0.2) is 23.3 Å². The van der Waals surface area contributed by atoms with Crippen molar-refractivity contribution in [2.24, 2.45) is 5.41 Å². The second-order valence-electron chi connectivity index (χ2n) is 5.22. The van der Waals surface area contributed by atoms with Crippen molar-refractivity contribution in [1.82, 2.24) is 15.5 Å². The van der Waals surface area contributed by atoms with Crippen molar-refractivity contribution in [3.05, 3.63) is 17.5 Å². The number of nitrogens with one attached hydrogen (secondary N) is 2. The van der Waals surface area contributed by atoms with E-state index in [9.17, 15) is 0 Å². The molecule has 0 amide bonds. The molecule has 1 aliphatic heterocycles. The van der Waals surface area contributed by atoms with Gasteiger partial charge in [-0.25, -0.2) is 0 Å². The van der Waals surface area contributed by atoms with E-state index in [1.54, 1.807) is 0 Å². The molecule has 3 nitrogen and oxygen atoms in total. The van der Waals surface area contributed by atoms with E-state index in [1.807, 2.05) is 6.20 Å². The van der Waals surface area contributed by atoms with Gasteiger partial charge in [0.25, 0.3) is 0 Å². The van der Waals surface area contributed by atoms with Crippen molar-refractivity contribution >= 4 is 0 Å². The Labute approximate surface area is 90.7 Å². The smallest absolute Gasteiger partial charge is 0.0519 e. The third-order valence-corrected chi connectivity index (χ3v) is 4.38. The van der Waals surface area contributed by atoms with Crippen molar-refractivity contribution in [3.8, 4) is 0 Å². The number of aromatic amines is 1. The lowest BCUT2D eigenvalue weighted by atomic mass is 9.74. The molecule has 1 aromatic heterocycles. The minimum Gasteiger partial charge on any atom is -0.315 e. The summed E-state index contributed by atoms with van der Waals surface area (Å²) in [6.45, 7) is 4.50. The summed E-state index contributed by atoms with van der Waals surface area (Å²) >= 11 is 0. The van der Waals surface area contributed by atoms with Crippen LogP contribution in [0.3, 0.4) is 0 Å². The maximum atomic E-state index is 4.17. The van der Waals surface area contributed by atoms with Crippen LogP contribution in [0.1, 0.15) is 42.9 Å². The van der Waals surface area contributed by atoms with Crippen molar-refractivity contribution in [1.29, 1.82) is 0 Å². The summed E-state index contributed by atoms with van der Waals surface area (Å²) in [5.41, 5.74) is 3.24. The first kappa shape index (κ1) is 9.40. The van der Waals surface area contributed by atoms with Crippen molar-refractivity contribution in [2.75, 3.05) is 13.1 Å². The summed E-state index contributed by atoms with van der Waals surface area (Å²) in [7, 11) is 0. The molecule has 1 saturated heterocycles. The zero-order chi connectivity index (χ0) is 10.3. The summed E-state index contributed by atoms with van der Waals surface area (Å²) in [6, 6.07) is 0.